The average Bonchev–Trinajstić information content (AvgIpc) is 2.29. The third-order valence-corrected chi connectivity index (χ3v) is 3.23. The predicted octanol–water partition coefficient (Wildman–Crippen LogP) is 2.34. The van der Waals surface area contributed by atoms with Gasteiger partial charge in [0, 0.05) is 11.7 Å². The van der Waals surface area contributed by atoms with Gasteiger partial charge in [0.2, 0.25) is 0 Å². The largest absolute Gasteiger partial charge is 0.399 e. The normalized spacial score (nSPS) is 21.5. The SMILES string of the molecule is Nc1ccccc1CC[C@@H]1CCCCN1. The highest BCUT2D eigenvalue weighted by atomic mass is 14.9. The molecule has 82 valence electrons. The maximum atomic E-state index is 5.92. The Balaban J connectivity index is 1.84. The van der Waals surface area contributed by atoms with Crippen molar-refractivity contribution in [1.29, 1.82) is 0 Å². The van der Waals surface area contributed by atoms with E-state index in [1.807, 2.05) is 12.1 Å². The number of nitrogens with two attached hydrogens (primary N) is 1. The molecule has 1 fully saturated rings. The summed E-state index contributed by atoms with van der Waals surface area (Å²) < 4.78 is 0. The topological polar surface area (TPSA) is 38.0 Å². The minimum atomic E-state index is 0.707. The molecule has 15 heavy (non-hydrogen) atoms. The van der Waals surface area contributed by atoms with Crippen molar-refractivity contribution in [3.63, 3.8) is 0 Å². The third kappa shape index (κ3) is 2.96. The lowest BCUT2D eigenvalue weighted by Gasteiger charge is -2.23. The number of benzene rings is 1. The monoisotopic (exact) mass is 204 g/mol. The van der Waals surface area contributed by atoms with E-state index in [9.17, 15) is 0 Å². The number of hydrogen-bond acceptors (Lipinski definition) is 2. The van der Waals surface area contributed by atoms with Crippen LogP contribution in [-0.4, -0.2) is 12.6 Å². The van der Waals surface area contributed by atoms with Crippen LogP contribution in [0.4, 0.5) is 5.69 Å². The van der Waals surface area contributed by atoms with Gasteiger partial charge >= 0.3 is 0 Å². The second kappa shape index (κ2) is 5.17. The second-order valence-electron chi connectivity index (χ2n) is 4.38. The Bertz CT molecular complexity index is 303. The molecule has 0 unspecified atom stereocenters. The molecule has 0 aliphatic carbocycles. The fourth-order valence-corrected chi connectivity index (χ4v) is 2.26. The molecule has 3 N–H and O–H groups in total. The minimum absolute atomic E-state index is 0.707. The van der Waals surface area contributed by atoms with Crippen LogP contribution >= 0.6 is 0 Å². The lowest BCUT2D eigenvalue weighted by atomic mass is 9.97. The Labute approximate surface area is 91.9 Å². The highest BCUT2D eigenvalue weighted by molar-refractivity contribution is 5.46. The van der Waals surface area contributed by atoms with Gasteiger partial charge in [0.05, 0.1) is 0 Å². The number of aryl methyl sites for hydroxylation is 1. The van der Waals surface area contributed by atoms with Crippen molar-refractivity contribution in [2.45, 2.75) is 38.1 Å². The molecule has 1 heterocycles. The molecule has 1 aliphatic rings. The molecule has 2 nitrogen and oxygen atoms in total. The fraction of sp³-hybridized carbons (Fsp3) is 0.538. The van der Waals surface area contributed by atoms with E-state index in [1.54, 1.807) is 0 Å². The molecular formula is C13H20N2. The molecule has 0 spiro atoms. The molecule has 1 saturated heterocycles. The van der Waals surface area contributed by atoms with E-state index in [1.165, 1.54) is 37.8 Å². The van der Waals surface area contributed by atoms with Crippen molar-refractivity contribution < 1.29 is 0 Å². The summed E-state index contributed by atoms with van der Waals surface area (Å²) in [6, 6.07) is 8.90. The highest BCUT2D eigenvalue weighted by Crippen LogP contribution is 2.17. The number of nitrogens with one attached hydrogen (secondary N) is 1. The van der Waals surface area contributed by atoms with Crippen LogP contribution in [0, 0.1) is 0 Å². The number of piperidine rings is 1. The summed E-state index contributed by atoms with van der Waals surface area (Å²) in [5.41, 5.74) is 8.15. The molecule has 0 radical (unpaired) electrons. The van der Waals surface area contributed by atoms with Crippen LogP contribution < -0.4 is 11.1 Å². The van der Waals surface area contributed by atoms with E-state index in [2.05, 4.69) is 17.4 Å². The molecule has 0 saturated carbocycles. The Morgan fingerprint density at radius 2 is 2.13 bits per heavy atom. The van der Waals surface area contributed by atoms with Gasteiger partial charge in [-0.1, -0.05) is 24.6 Å². The van der Waals surface area contributed by atoms with Crippen LogP contribution in [0.2, 0.25) is 0 Å². The molecule has 2 rings (SSSR count). The summed E-state index contributed by atoms with van der Waals surface area (Å²) in [4.78, 5) is 0. The maximum Gasteiger partial charge on any atom is 0.0346 e. The minimum Gasteiger partial charge on any atom is -0.399 e. The number of hydrogen-bond donors (Lipinski definition) is 2. The second-order valence-corrected chi connectivity index (χ2v) is 4.38. The first-order valence-electron chi connectivity index (χ1n) is 5.93. The van der Waals surface area contributed by atoms with E-state index in [-0.39, 0.29) is 0 Å². The van der Waals surface area contributed by atoms with Gasteiger partial charge in [0.15, 0.2) is 0 Å². The first-order chi connectivity index (χ1) is 7.36. The van der Waals surface area contributed by atoms with E-state index in [4.69, 9.17) is 5.73 Å². The predicted molar refractivity (Wildman–Crippen MR) is 64.8 cm³/mol. The lowest BCUT2D eigenvalue weighted by molar-refractivity contribution is 0.383. The smallest absolute Gasteiger partial charge is 0.0346 e. The van der Waals surface area contributed by atoms with Crippen LogP contribution in [-0.2, 0) is 6.42 Å². The number of anilines is 1. The molecule has 0 aromatic heterocycles. The summed E-state index contributed by atoms with van der Waals surface area (Å²) in [5, 5.41) is 3.57. The van der Waals surface area contributed by atoms with Gasteiger partial charge in [-0.05, 0) is 43.9 Å². The van der Waals surface area contributed by atoms with E-state index >= 15 is 0 Å². The Morgan fingerprint density at radius 1 is 1.27 bits per heavy atom. The quantitative estimate of drug-likeness (QED) is 0.742. The molecule has 1 aromatic carbocycles. The van der Waals surface area contributed by atoms with Crippen molar-refractivity contribution in [2.24, 2.45) is 0 Å². The summed E-state index contributed by atoms with van der Waals surface area (Å²) in [6.07, 6.45) is 6.36. The first-order valence-corrected chi connectivity index (χ1v) is 5.93. The standard InChI is InChI=1S/C13H20N2/c14-13-7-2-1-5-11(13)8-9-12-6-3-4-10-15-12/h1-2,5,7,12,15H,3-4,6,8-10,14H2/t12-/m0/s1. The van der Waals surface area contributed by atoms with Crippen molar-refractivity contribution in [1.82, 2.24) is 5.32 Å². The molecular weight excluding hydrogens is 184 g/mol. The Kier molecular flexibility index (Phi) is 3.62. The summed E-state index contributed by atoms with van der Waals surface area (Å²) in [5.74, 6) is 0. The molecule has 1 aromatic rings. The van der Waals surface area contributed by atoms with Gasteiger partial charge in [-0.3, -0.25) is 0 Å². The van der Waals surface area contributed by atoms with Gasteiger partial charge < -0.3 is 11.1 Å². The maximum absolute atomic E-state index is 5.92. The van der Waals surface area contributed by atoms with E-state index < -0.39 is 0 Å². The van der Waals surface area contributed by atoms with Crippen LogP contribution in [0.3, 0.4) is 0 Å². The summed E-state index contributed by atoms with van der Waals surface area (Å²) in [7, 11) is 0. The van der Waals surface area contributed by atoms with E-state index in [0.29, 0.717) is 6.04 Å². The van der Waals surface area contributed by atoms with Gasteiger partial charge in [0.1, 0.15) is 0 Å². The number of rotatable bonds is 3. The van der Waals surface area contributed by atoms with Crippen LogP contribution in [0.15, 0.2) is 24.3 Å². The van der Waals surface area contributed by atoms with Crippen LogP contribution in [0.1, 0.15) is 31.2 Å². The molecule has 0 amide bonds. The summed E-state index contributed by atoms with van der Waals surface area (Å²) in [6.45, 7) is 1.19. The zero-order valence-electron chi connectivity index (χ0n) is 9.21. The summed E-state index contributed by atoms with van der Waals surface area (Å²) >= 11 is 0. The van der Waals surface area contributed by atoms with Gasteiger partial charge in [0.25, 0.3) is 0 Å². The van der Waals surface area contributed by atoms with Gasteiger partial charge in [-0.2, -0.15) is 0 Å². The van der Waals surface area contributed by atoms with Crippen LogP contribution in [0.5, 0.6) is 0 Å². The van der Waals surface area contributed by atoms with Crippen molar-refractivity contribution in [3.8, 4) is 0 Å². The molecule has 1 aliphatic heterocycles. The van der Waals surface area contributed by atoms with Gasteiger partial charge in [-0.25, -0.2) is 0 Å². The zero-order valence-corrected chi connectivity index (χ0v) is 9.21. The zero-order chi connectivity index (χ0) is 10.5. The van der Waals surface area contributed by atoms with Gasteiger partial charge in [-0.15, -0.1) is 0 Å². The molecule has 2 heteroatoms. The molecule has 0 bridgehead atoms. The van der Waals surface area contributed by atoms with Crippen molar-refractivity contribution in [3.05, 3.63) is 29.8 Å². The van der Waals surface area contributed by atoms with Crippen molar-refractivity contribution >= 4 is 5.69 Å². The number of para-hydroxylation sites is 1. The number of nitrogen functional groups attached to an aromatic ring is 1. The lowest BCUT2D eigenvalue weighted by Crippen LogP contribution is -2.34. The highest BCUT2D eigenvalue weighted by Gasteiger charge is 2.12. The van der Waals surface area contributed by atoms with E-state index in [0.717, 1.165) is 12.1 Å². The Morgan fingerprint density at radius 3 is 2.87 bits per heavy atom. The Hall–Kier alpha value is -1.02. The fourth-order valence-electron chi connectivity index (χ4n) is 2.26. The average molecular weight is 204 g/mol. The first kappa shape index (κ1) is 10.5. The third-order valence-electron chi connectivity index (χ3n) is 3.23. The molecule has 1 atom stereocenters. The van der Waals surface area contributed by atoms with Crippen molar-refractivity contribution in [2.75, 3.05) is 12.3 Å². The van der Waals surface area contributed by atoms with Crippen LogP contribution in [0.25, 0.3) is 0 Å².